The molecular weight excluding hydrogens is 270 g/mol. The van der Waals surface area contributed by atoms with Crippen LogP contribution >= 0.6 is 27.5 Å². The molecule has 0 aliphatic carbocycles. The van der Waals surface area contributed by atoms with Crippen LogP contribution < -0.4 is 5.73 Å². The highest BCUT2D eigenvalue weighted by atomic mass is 79.9. The largest absolute Gasteiger partial charge is 0.394 e. The minimum absolute atomic E-state index is 0.222. The van der Waals surface area contributed by atoms with Crippen LogP contribution in [0, 0.1) is 11.6 Å². The summed E-state index contributed by atoms with van der Waals surface area (Å²) in [6, 6.07) is 0. The quantitative estimate of drug-likeness (QED) is 0.474. The fourth-order valence-electron chi connectivity index (χ4n) is 0.820. The van der Waals surface area contributed by atoms with Crippen LogP contribution in [0.4, 0.5) is 18.9 Å². The maximum absolute atomic E-state index is 13.0. The molecule has 72 valence electrons. The Balaban J connectivity index is 3.56. The fraction of sp³-hybridized carbons (Fsp3) is 0.143. The molecule has 6 heteroatoms. The fourth-order valence-corrected chi connectivity index (χ4v) is 1.49. The molecule has 0 amide bonds. The van der Waals surface area contributed by atoms with Crippen LogP contribution in [-0.2, 0) is 6.67 Å². The number of nitrogen functional groups attached to an aromatic ring is 1. The maximum atomic E-state index is 13.0. The Labute approximate surface area is 85.8 Å². The van der Waals surface area contributed by atoms with E-state index in [1.807, 2.05) is 0 Å². The highest BCUT2D eigenvalue weighted by Gasteiger charge is 2.20. The minimum Gasteiger partial charge on any atom is -0.394 e. The molecule has 0 radical (unpaired) electrons. The lowest BCUT2D eigenvalue weighted by Crippen LogP contribution is -2.01. The van der Waals surface area contributed by atoms with Crippen LogP contribution in [0.2, 0.25) is 5.02 Å². The molecule has 13 heavy (non-hydrogen) atoms. The van der Waals surface area contributed by atoms with E-state index < -0.39 is 29.6 Å². The first kappa shape index (κ1) is 10.7. The monoisotopic (exact) mass is 273 g/mol. The molecule has 0 aliphatic heterocycles. The van der Waals surface area contributed by atoms with Gasteiger partial charge in [0, 0.05) is 5.56 Å². The Morgan fingerprint density at radius 2 is 1.85 bits per heavy atom. The molecule has 1 rings (SSSR count). The summed E-state index contributed by atoms with van der Waals surface area (Å²) in [5.41, 5.74) is 3.85. The summed E-state index contributed by atoms with van der Waals surface area (Å²) in [5.74, 6) is -2.16. The van der Waals surface area contributed by atoms with E-state index in [0.29, 0.717) is 0 Å². The first-order valence-corrected chi connectivity index (χ1v) is 4.34. The summed E-state index contributed by atoms with van der Waals surface area (Å²) in [6.45, 7) is -1.13. The highest BCUT2D eigenvalue weighted by molar-refractivity contribution is 9.10. The average Bonchev–Trinajstić information content (AvgIpc) is 2.13. The van der Waals surface area contributed by atoms with E-state index >= 15 is 0 Å². The van der Waals surface area contributed by atoms with Gasteiger partial charge < -0.3 is 5.73 Å². The Kier molecular flexibility index (Phi) is 3.08. The van der Waals surface area contributed by atoms with Gasteiger partial charge in [-0.3, -0.25) is 0 Å². The normalized spacial score (nSPS) is 10.5. The number of anilines is 1. The minimum atomic E-state index is -1.15. The number of hydrogen-bond acceptors (Lipinski definition) is 1. The van der Waals surface area contributed by atoms with Crippen molar-refractivity contribution >= 4 is 33.2 Å². The van der Waals surface area contributed by atoms with Crippen LogP contribution in [0.1, 0.15) is 5.56 Å². The van der Waals surface area contributed by atoms with Crippen molar-refractivity contribution in [3.63, 3.8) is 0 Å². The third kappa shape index (κ3) is 1.62. The van der Waals surface area contributed by atoms with Crippen LogP contribution in [0.3, 0.4) is 0 Å². The van der Waals surface area contributed by atoms with Gasteiger partial charge in [-0.25, -0.2) is 13.2 Å². The van der Waals surface area contributed by atoms with Gasteiger partial charge in [0.1, 0.15) is 12.4 Å². The summed E-state index contributed by atoms with van der Waals surface area (Å²) in [4.78, 5) is 0. The van der Waals surface area contributed by atoms with Crippen molar-refractivity contribution in [2.45, 2.75) is 6.67 Å². The zero-order valence-corrected chi connectivity index (χ0v) is 8.52. The van der Waals surface area contributed by atoms with E-state index in [-0.39, 0.29) is 9.50 Å². The van der Waals surface area contributed by atoms with Crippen molar-refractivity contribution in [3.05, 3.63) is 26.7 Å². The lowest BCUT2D eigenvalue weighted by atomic mass is 10.2. The van der Waals surface area contributed by atoms with Gasteiger partial charge >= 0.3 is 0 Å². The molecular formula is C7H4BrClF3N. The molecule has 0 bridgehead atoms. The third-order valence-electron chi connectivity index (χ3n) is 1.52. The summed E-state index contributed by atoms with van der Waals surface area (Å²) >= 11 is 8.19. The second kappa shape index (κ2) is 3.75. The molecule has 0 saturated carbocycles. The van der Waals surface area contributed by atoms with Gasteiger partial charge in [0.05, 0.1) is 9.50 Å². The molecule has 2 N–H and O–H groups in total. The molecule has 0 atom stereocenters. The molecule has 0 fully saturated rings. The van der Waals surface area contributed by atoms with Crippen LogP contribution in [-0.4, -0.2) is 0 Å². The number of nitrogens with two attached hydrogens (primary N) is 1. The zero-order chi connectivity index (χ0) is 10.2. The van der Waals surface area contributed by atoms with Crippen LogP contribution in [0.25, 0.3) is 0 Å². The van der Waals surface area contributed by atoms with Crippen molar-refractivity contribution in [2.24, 2.45) is 0 Å². The molecule has 0 saturated heterocycles. The summed E-state index contributed by atoms with van der Waals surface area (Å²) in [5, 5.41) is -0.327. The summed E-state index contributed by atoms with van der Waals surface area (Å²) in [7, 11) is 0. The Morgan fingerprint density at radius 1 is 1.31 bits per heavy atom. The molecule has 0 spiro atoms. The SMILES string of the molecule is Nc1c(F)c(Br)c(Cl)c(CF)c1F. The van der Waals surface area contributed by atoms with Gasteiger partial charge in [-0.2, -0.15) is 0 Å². The second-order valence-corrected chi connectivity index (χ2v) is 3.45. The van der Waals surface area contributed by atoms with Crippen LogP contribution in [0.15, 0.2) is 4.47 Å². The van der Waals surface area contributed by atoms with Gasteiger partial charge in [0.2, 0.25) is 0 Å². The van der Waals surface area contributed by atoms with Crippen molar-refractivity contribution in [3.8, 4) is 0 Å². The van der Waals surface area contributed by atoms with E-state index in [1.165, 1.54) is 0 Å². The van der Waals surface area contributed by atoms with Gasteiger partial charge in [0.15, 0.2) is 11.6 Å². The smallest absolute Gasteiger partial charge is 0.164 e. The third-order valence-corrected chi connectivity index (χ3v) is 2.91. The Hall–Kier alpha value is -0.420. The number of benzene rings is 1. The Morgan fingerprint density at radius 3 is 2.31 bits per heavy atom. The van der Waals surface area contributed by atoms with E-state index in [0.717, 1.165) is 0 Å². The van der Waals surface area contributed by atoms with E-state index in [2.05, 4.69) is 15.9 Å². The second-order valence-electron chi connectivity index (χ2n) is 2.28. The molecule has 0 unspecified atom stereocenters. The van der Waals surface area contributed by atoms with Crippen molar-refractivity contribution in [1.82, 2.24) is 0 Å². The topological polar surface area (TPSA) is 26.0 Å². The first-order chi connectivity index (χ1) is 6.00. The van der Waals surface area contributed by atoms with Crippen molar-refractivity contribution in [1.29, 1.82) is 0 Å². The first-order valence-electron chi connectivity index (χ1n) is 3.17. The van der Waals surface area contributed by atoms with Crippen molar-refractivity contribution in [2.75, 3.05) is 5.73 Å². The molecule has 1 nitrogen and oxygen atoms in total. The molecule has 0 heterocycles. The number of alkyl halides is 1. The van der Waals surface area contributed by atoms with Crippen LogP contribution in [0.5, 0.6) is 0 Å². The predicted molar refractivity (Wildman–Crippen MR) is 48.3 cm³/mol. The van der Waals surface area contributed by atoms with Gasteiger partial charge in [0.25, 0.3) is 0 Å². The number of halogens is 5. The molecule has 1 aromatic carbocycles. The van der Waals surface area contributed by atoms with Crippen molar-refractivity contribution < 1.29 is 13.2 Å². The van der Waals surface area contributed by atoms with E-state index in [1.54, 1.807) is 0 Å². The molecule has 0 aromatic heterocycles. The predicted octanol–water partition coefficient (Wildman–Crippen LogP) is 3.43. The summed E-state index contributed by atoms with van der Waals surface area (Å²) in [6.07, 6.45) is 0. The van der Waals surface area contributed by atoms with Gasteiger partial charge in [-0.1, -0.05) is 11.6 Å². The van der Waals surface area contributed by atoms with Gasteiger partial charge in [-0.15, -0.1) is 0 Å². The number of hydrogen-bond donors (Lipinski definition) is 1. The van der Waals surface area contributed by atoms with E-state index in [4.69, 9.17) is 17.3 Å². The van der Waals surface area contributed by atoms with Gasteiger partial charge in [-0.05, 0) is 15.9 Å². The maximum Gasteiger partial charge on any atom is 0.164 e. The number of rotatable bonds is 1. The summed E-state index contributed by atoms with van der Waals surface area (Å²) < 4.78 is 37.9. The highest BCUT2D eigenvalue weighted by Crippen LogP contribution is 2.35. The zero-order valence-electron chi connectivity index (χ0n) is 6.17. The molecule has 1 aromatic rings. The lowest BCUT2D eigenvalue weighted by molar-refractivity contribution is 0.462. The van der Waals surface area contributed by atoms with E-state index in [9.17, 15) is 13.2 Å². The average molecular weight is 274 g/mol. The standard InChI is InChI=1S/C7H4BrClF3N/c8-3-4(9)2(1-10)5(11)7(13)6(3)12/h1,13H2. The lowest BCUT2D eigenvalue weighted by Gasteiger charge is -2.08. The molecule has 0 aliphatic rings. The Bertz CT molecular complexity index is 327.